The fourth-order valence-corrected chi connectivity index (χ4v) is 2.81. The first-order chi connectivity index (χ1) is 13.0. The number of amides is 2. The highest BCUT2D eigenvalue weighted by molar-refractivity contribution is 6.05. The second-order valence-corrected chi connectivity index (χ2v) is 6.10. The molecule has 3 rings (SSSR count). The van der Waals surface area contributed by atoms with Crippen molar-refractivity contribution in [2.45, 2.75) is 27.2 Å². The summed E-state index contributed by atoms with van der Waals surface area (Å²) in [6.45, 7) is 5.28. The van der Waals surface area contributed by atoms with Gasteiger partial charge in [-0.05, 0) is 43.2 Å². The van der Waals surface area contributed by atoms with Gasteiger partial charge < -0.3 is 10.6 Å². The molecule has 0 aliphatic heterocycles. The van der Waals surface area contributed by atoms with Crippen LogP contribution in [0.1, 0.15) is 35.5 Å². The van der Waals surface area contributed by atoms with Crippen molar-refractivity contribution in [3.05, 3.63) is 65.6 Å². The van der Waals surface area contributed by atoms with Crippen molar-refractivity contribution in [2.24, 2.45) is 0 Å². The van der Waals surface area contributed by atoms with Crippen molar-refractivity contribution in [3.63, 3.8) is 0 Å². The largest absolute Gasteiger partial charge is 0.326 e. The topological polar surface area (TPSA) is 88.9 Å². The number of carbonyl (C=O) groups excluding carboxylic acids is 2. The monoisotopic (exact) mass is 363 g/mol. The number of benzene rings is 1. The molecule has 2 amide bonds. The van der Waals surface area contributed by atoms with Crippen LogP contribution < -0.4 is 10.6 Å². The Hall–Kier alpha value is -3.48. The zero-order valence-electron chi connectivity index (χ0n) is 15.5. The summed E-state index contributed by atoms with van der Waals surface area (Å²) >= 11 is 0. The summed E-state index contributed by atoms with van der Waals surface area (Å²) in [5.41, 5.74) is 3.44. The van der Waals surface area contributed by atoms with E-state index in [2.05, 4.69) is 20.7 Å². The normalized spacial score (nSPS) is 10.5. The molecule has 7 heteroatoms. The summed E-state index contributed by atoms with van der Waals surface area (Å²) in [6.07, 6.45) is 3.96. The number of anilines is 2. The third-order valence-corrected chi connectivity index (χ3v) is 4.18. The van der Waals surface area contributed by atoms with Gasteiger partial charge in [0.1, 0.15) is 0 Å². The van der Waals surface area contributed by atoms with E-state index in [0.29, 0.717) is 28.5 Å². The number of hydrogen-bond donors (Lipinski definition) is 2. The minimum atomic E-state index is -0.260. The van der Waals surface area contributed by atoms with E-state index in [1.807, 2.05) is 44.2 Å². The summed E-state index contributed by atoms with van der Waals surface area (Å²) in [4.78, 5) is 28.4. The highest BCUT2D eigenvalue weighted by atomic mass is 16.2. The molecule has 2 aromatic heterocycles. The Kier molecular flexibility index (Phi) is 5.30. The Balaban J connectivity index is 1.88. The molecule has 0 saturated heterocycles. The van der Waals surface area contributed by atoms with E-state index in [9.17, 15) is 9.59 Å². The van der Waals surface area contributed by atoms with Crippen LogP contribution in [0.4, 0.5) is 11.4 Å². The predicted octanol–water partition coefficient (Wildman–Crippen LogP) is 3.35. The average Bonchev–Trinajstić information content (AvgIpc) is 3.04. The van der Waals surface area contributed by atoms with E-state index in [1.165, 1.54) is 13.1 Å². The lowest BCUT2D eigenvalue weighted by atomic mass is 10.1. The number of rotatable bonds is 5. The molecule has 0 fully saturated rings. The van der Waals surface area contributed by atoms with Crippen LogP contribution in [0, 0.1) is 6.92 Å². The molecule has 138 valence electrons. The molecule has 0 bridgehead atoms. The number of carbonyl (C=O) groups is 2. The highest BCUT2D eigenvalue weighted by Gasteiger charge is 2.17. The van der Waals surface area contributed by atoms with Crippen molar-refractivity contribution < 1.29 is 9.59 Å². The van der Waals surface area contributed by atoms with Gasteiger partial charge in [-0.3, -0.25) is 9.59 Å². The molecule has 0 spiro atoms. The van der Waals surface area contributed by atoms with E-state index >= 15 is 0 Å². The van der Waals surface area contributed by atoms with E-state index in [-0.39, 0.29) is 11.8 Å². The summed E-state index contributed by atoms with van der Waals surface area (Å²) in [5, 5.41) is 9.95. The fraction of sp³-hybridized carbons (Fsp3) is 0.200. The number of aryl methyl sites for hydroxylation is 1. The van der Waals surface area contributed by atoms with Gasteiger partial charge in [-0.15, -0.1) is 0 Å². The smallest absolute Gasteiger partial charge is 0.259 e. The van der Waals surface area contributed by atoms with Crippen molar-refractivity contribution in [2.75, 3.05) is 10.6 Å². The Morgan fingerprint density at radius 1 is 1.15 bits per heavy atom. The quantitative estimate of drug-likeness (QED) is 0.727. The third-order valence-electron chi connectivity index (χ3n) is 4.18. The van der Waals surface area contributed by atoms with Crippen LogP contribution in [0.2, 0.25) is 0 Å². The van der Waals surface area contributed by atoms with E-state index in [4.69, 9.17) is 0 Å². The third kappa shape index (κ3) is 4.03. The minimum absolute atomic E-state index is 0.163. The van der Waals surface area contributed by atoms with Gasteiger partial charge in [0.05, 0.1) is 17.5 Å². The number of hydrogen-bond acceptors (Lipinski definition) is 4. The molecule has 1 aromatic carbocycles. The molecule has 0 atom stereocenters. The number of nitrogens with one attached hydrogen (secondary N) is 2. The molecule has 7 nitrogen and oxygen atoms in total. The van der Waals surface area contributed by atoms with Gasteiger partial charge in [-0.1, -0.05) is 19.1 Å². The molecule has 2 heterocycles. The van der Waals surface area contributed by atoms with Gasteiger partial charge in [-0.25, -0.2) is 9.67 Å². The Morgan fingerprint density at radius 3 is 2.63 bits per heavy atom. The van der Waals surface area contributed by atoms with Crippen molar-refractivity contribution in [1.82, 2.24) is 14.8 Å². The molecule has 0 aliphatic rings. The van der Waals surface area contributed by atoms with Crippen LogP contribution in [0.15, 0.2) is 48.8 Å². The van der Waals surface area contributed by atoms with Gasteiger partial charge in [0, 0.05) is 24.5 Å². The molecule has 0 unspecified atom stereocenters. The first kappa shape index (κ1) is 18.3. The molecule has 3 aromatic rings. The van der Waals surface area contributed by atoms with Gasteiger partial charge in [0.25, 0.3) is 5.91 Å². The van der Waals surface area contributed by atoms with Gasteiger partial charge in [0.2, 0.25) is 5.91 Å². The van der Waals surface area contributed by atoms with E-state index in [0.717, 1.165) is 12.0 Å². The molecule has 27 heavy (non-hydrogen) atoms. The lowest BCUT2D eigenvalue weighted by molar-refractivity contribution is -0.114. The zero-order chi connectivity index (χ0) is 19.4. The van der Waals surface area contributed by atoms with Crippen LogP contribution in [-0.2, 0) is 11.2 Å². The fourth-order valence-electron chi connectivity index (χ4n) is 2.81. The number of aromatic nitrogens is 3. The lowest BCUT2D eigenvalue weighted by Gasteiger charge is -2.12. The molecular weight excluding hydrogens is 342 g/mol. The Morgan fingerprint density at radius 2 is 1.96 bits per heavy atom. The van der Waals surface area contributed by atoms with Gasteiger partial charge in [0.15, 0.2) is 5.82 Å². The molecule has 0 radical (unpaired) electrons. The maximum atomic E-state index is 12.8. The highest BCUT2D eigenvalue weighted by Crippen LogP contribution is 2.23. The van der Waals surface area contributed by atoms with Crippen LogP contribution in [-0.4, -0.2) is 26.6 Å². The lowest BCUT2D eigenvalue weighted by Crippen LogP contribution is -2.15. The first-order valence-electron chi connectivity index (χ1n) is 8.67. The van der Waals surface area contributed by atoms with Crippen LogP contribution in [0.5, 0.6) is 0 Å². The van der Waals surface area contributed by atoms with Crippen LogP contribution in [0.3, 0.4) is 0 Å². The predicted molar refractivity (Wildman–Crippen MR) is 104 cm³/mol. The van der Waals surface area contributed by atoms with Crippen LogP contribution in [0.25, 0.3) is 5.82 Å². The van der Waals surface area contributed by atoms with Crippen molar-refractivity contribution in [3.8, 4) is 5.82 Å². The Labute approximate surface area is 157 Å². The average molecular weight is 363 g/mol. The number of nitrogens with zero attached hydrogens (tertiary/aromatic N) is 3. The summed E-state index contributed by atoms with van der Waals surface area (Å²) in [7, 11) is 0. The minimum Gasteiger partial charge on any atom is -0.326 e. The van der Waals surface area contributed by atoms with Crippen molar-refractivity contribution in [1.29, 1.82) is 0 Å². The Bertz CT molecular complexity index is 979. The summed E-state index contributed by atoms with van der Waals surface area (Å²) in [6, 6.07) is 11.0. The zero-order valence-corrected chi connectivity index (χ0v) is 15.5. The molecular formula is C20H21N5O2. The number of pyridine rings is 1. The molecule has 2 N–H and O–H groups in total. The standard InChI is InChI=1S/C20H21N5O2/c1-4-15-8-9-16(23-14(3)26)11-18(15)24-20(27)17-12-22-25(13(17)2)19-7-5-6-10-21-19/h5-12H,4H2,1-3H3,(H,23,26)(H,24,27). The second-order valence-electron chi connectivity index (χ2n) is 6.10. The maximum Gasteiger partial charge on any atom is 0.259 e. The van der Waals surface area contributed by atoms with E-state index < -0.39 is 0 Å². The van der Waals surface area contributed by atoms with Crippen LogP contribution >= 0.6 is 0 Å². The van der Waals surface area contributed by atoms with Gasteiger partial charge in [-0.2, -0.15) is 5.10 Å². The SMILES string of the molecule is CCc1ccc(NC(C)=O)cc1NC(=O)c1cnn(-c2ccccn2)c1C. The summed E-state index contributed by atoms with van der Waals surface area (Å²) < 4.78 is 1.63. The van der Waals surface area contributed by atoms with Gasteiger partial charge >= 0.3 is 0 Å². The summed E-state index contributed by atoms with van der Waals surface area (Å²) in [5.74, 6) is 0.226. The maximum absolute atomic E-state index is 12.8. The molecule has 0 saturated carbocycles. The first-order valence-corrected chi connectivity index (χ1v) is 8.67. The van der Waals surface area contributed by atoms with Crippen molar-refractivity contribution >= 4 is 23.2 Å². The second kappa shape index (κ2) is 7.82. The van der Waals surface area contributed by atoms with E-state index in [1.54, 1.807) is 16.9 Å². The molecule has 0 aliphatic carbocycles.